The number of benzene rings is 6. The summed E-state index contributed by atoms with van der Waals surface area (Å²) in [7, 11) is 0. The van der Waals surface area contributed by atoms with Crippen LogP contribution in [0.25, 0.3) is 0 Å². The molecule has 3 heterocycles. The van der Waals surface area contributed by atoms with Crippen LogP contribution in [0, 0.1) is 0 Å². The van der Waals surface area contributed by atoms with E-state index in [1.807, 2.05) is 0 Å². The lowest BCUT2D eigenvalue weighted by Gasteiger charge is -2.50. The maximum absolute atomic E-state index is 6.84. The predicted molar refractivity (Wildman–Crippen MR) is 183 cm³/mol. The van der Waals surface area contributed by atoms with Crippen LogP contribution >= 0.6 is 0 Å². The lowest BCUT2D eigenvalue weighted by Crippen LogP contribution is -2.66. The van der Waals surface area contributed by atoms with Crippen LogP contribution in [0.15, 0.2) is 140 Å². The third kappa shape index (κ3) is 3.27. The molecule has 3 aliphatic heterocycles. The van der Waals surface area contributed by atoms with E-state index in [1.54, 1.807) is 0 Å². The van der Waals surface area contributed by atoms with Crippen LogP contribution in [-0.2, 0) is 10.8 Å². The van der Waals surface area contributed by atoms with E-state index in [9.17, 15) is 0 Å². The monoisotopic (exact) mass is 565 g/mol. The molecule has 0 amide bonds. The Bertz CT molecular complexity index is 2040. The molecule has 6 aromatic rings. The quantitative estimate of drug-likeness (QED) is 0.201. The average molecular weight is 566 g/mol. The molecule has 9 rings (SSSR count). The van der Waals surface area contributed by atoms with Crippen molar-refractivity contribution in [3.8, 4) is 11.5 Å². The van der Waals surface area contributed by atoms with Gasteiger partial charge in [0.2, 0.25) is 0 Å². The van der Waals surface area contributed by atoms with Crippen LogP contribution < -0.4 is 26.0 Å². The number of hydrogen-bond donors (Lipinski definition) is 0. The second kappa shape index (κ2) is 9.00. The molecule has 0 fully saturated rings. The molecule has 44 heavy (non-hydrogen) atoms. The molecule has 0 aromatic heterocycles. The Labute approximate surface area is 259 Å². The minimum absolute atomic E-state index is 0.0815. The van der Waals surface area contributed by atoms with E-state index in [0.717, 1.165) is 17.2 Å². The van der Waals surface area contributed by atoms with Crippen LogP contribution in [0.1, 0.15) is 48.6 Å². The first-order valence-corrected chi connectivity index (χ1v) is 15.6. The summed E-state index contributed by atoms with van der Waals surface area (Å²) in [6.07, 6.45) is 0. The molecular weight excluding hydrogens is 533 g/mol. The highest BCUT2D eigenvalue weighted by atomic mass is 16.5. The Hall–Kier alpha value is -5.02. The van der Waals surface area contributed by atoms with Crippen molar-refractivity contribution in [3.63, 3.8) is 0 Å². The molecule has 0 spiro atoms. The second-order valence-corrected chi connectivity index (χ2v) is 13.3. The van der Waals surface area contributed by atoms with Crippen molar-refractivity contribution in [1.82, 2.24) is 0 Å². The molecule has 6 aromatic carbocycles. The zero-order valence-corrected chi connectivity index (χ0v) is 25.2. The molecule has 0 bridgehead atoms. The van der Waals surface area contributed by atoms with E-state index >= 15 is 0 Å². The molecule has 210 valence electrons. The summed E-state index contributed by atoms with van der Waals surface area (Å²) in [5, 5.41) is 0. The van der Waals surface area contributed by atoms with Gasteiger partial charge in [0.1, 0.15) is 11.5 Å². The van der Waals surface area contributed by atoms with Gasteiger partial charge in [0, 0.05) is 17.1 Å². The Morgan fingerprint density at radius 2 is 1.05 bits per heavy atom. The van der Waals surface area contributed by atoms with E-state index < -0.39 is 5.41 Å². The van der Waals surface area contributed by atoms with Gasteiger partial charge in [-0.2, -0.15) is 0 Å². The molecule has 3 aliphatic rings. The van der Waals surface area contributed by atoms with Gasteiger partial charge >= 0.3 is 0 Å². The van der Waals surface area contributed by atoms with Gasteiger partial charge in [0.05, 0.1) is 5.41 Å². The van der Waals surface area contributed by atoms with Gasteiger partial charge in [0.25, 0.3) is 6.71 Å². The summed E-state index contributed by atoms with van der Waals surface area (Å²) in [6, 6.07) is 51.4. The topological polar surface area (TPSA) is 12.5 Å². The minimum Gasteiger partial charge on any atom is -0.458 e. The first-order chi connectivity index (χ1) is 21.5. The summed E-state index contributed by atoms with van der Waals surface area (Å²) >= 11 is 0. The minimum atomic E-state index is -0.509. The van der Waals surface area contributed by atoms with Crippen molar-refractivity contribution < 1.29 is 4.74 Å². The number of nitrogens with zero attached hydrogens (tertiary/aromatic N) is 1. The summed E-state index contributed by atoms with van der Waals surface area (Å²) in [6.45, 7) is 6.90. The second-order valence-electron chi connectivity index (χ2n) is 13.3. The Balaban J connectivity index is 1.42. The van der Waals surface area contributed by atoms with Crippen LogP contribution in [-0.4, -0.2) is 6.71 Å². The molecule has 0 unspecified atom stereocenters. The van der Waals surface area contributed by atoms with E-state index in [1.165, 1.54) is 55.6 Å². The molecule has 0 N–H and O–H groups in total. The Morgan fingerprint density at radius 3 is 1.66 bits per heavy atom. The van der Waals surface area contributed by atoms with E-state index in [4.69, 9.17) is 4.74 Å². The smallest absolute Gasteiger partial charge is 0.257 e. The van der Waals surface area contributed by atoms with E-state index in [-0.39, 0.29) is 12.1 Å². The van der Waals surface area contributed by atoms with E-state index in [2.05, 4.69) is 165 Å². The zero-order chi connectivity index (χ0) is 29.6. The Morgan fingerprint density at radius 1 is 0.523 bits per heavy atom. The van der Waals surface area contributed by atoms with Crippen LogP contribution in [0.5, 0.6) is 11.5 Å². The lowest BCUT2D eigenvalue weighted by molar-refractivity contribution is 0.485. The van der Waals surface area contributed by atoms with Gasteiger partial charge in [-0.1, -0.05) is 124 Å². The fraction of sp³-hybridized carbons (Fsp3) is 0.122. The molecule has 0 saturated heterocycles. The fourth-order valence-corrected chi connectivity index (χ4v) is 8.12. The van der Waals surface area contributed by atoms with Crippen LogP contribution in [0.2, 0.25) is 0 Å². The standard InChI is InChI=1S/C41H32BNO/c1-40(2,3)27-23-25-30(26-24-27)43-33-19-10-17-31-37(33)42-38-32(18-11-21-35(38)44-36-22-12-20-34(43)39(36)42)41(31,28-13-6-4-7-14-28)29-15-8-5-9-16-29/h4-26H,1-3H3. The van der Waals surface area contributed by atoms with Crippen molar-refractivity contribution >= 4 is 40.2 Å². The summed E-state index contributed by atoms with van der Waals surface area (Å²) in [4.78, 5) is 2.46. The van der Waals surface area contributed by atoms with Crippen molar-refractivity contribution in [1.29, 1.82) is 0 Å². The number of rotatable bonds is 3. The maximum Gasteiger partial charge on any atom is 0.257 e. The predicted octanol–water partition coefficient (Wildman–Crippen LogP) is 8.09. The lowest BCUT2D eigenvalue weighted by atomic mass is 9.28. The highest BCUT2D eigenvalue weighted by Crippen LogP contribution is 2.51. The summed E-state index contributed by atoms with van der Waals surface area (Å²) in [5.74, 6) is 1.90. The van der Waals surface area contributed by atoms with Crippen molar-refractivity contribution in [2.75, 3.05) is 4.90 Å². The third-order valence-corrected chi connectivity index (χ3v) is 9.97. The number of anilines is 3. The zero-order valence-electron chi connectivity index (χ0n) is 25.2. The fourth-order valence-electron chi connectivity index (χ4n) is 8.12. The van der Waals surface area contributed by atoms with Crippen LogP contribution in [0.4, 0.5) is 17.1 Å². The van der Waals surface area contributed by atoms with Gasteiger partial charge in [-0.05, 0) is 86.0 Å². The van der Waals surface area contributed by atoms with Crippen molar-refractivity contribution in [2.24, 2.45) is 0 Å². The SMILES string of the molecule is CC(C)(C)c1ccc(N2c3cccc4c3B3c5c(cccc5C(c5ccccc5)(c5ccccc5)c5cccc2c53)O4)cc1. The summed E-state index contributed by atoms with van der Waals surface area (Å²) in [5.41, 5.74) is 13.5. The first-order valence-electron chi connectivity index (χ1n) is 15.6. The molecule has 2 nitrogen and oxygen atoms in total. The van der Waals surface area contributed by atoms with Gasteiger partial charge in [-0.25, -0.2) is 0 Å². The third-order valence-electron chi connectivity index (χ3n) is 9.97. The van der Waals surface area contributed by atoms with Gasteiger partial charge in [-0.3, -0.25) is 0 Å². The highest BCUT2D eigenvalue weighted by Gasteiger charge is 2.54. The van der Waals surface area contributed by atoms with Gasteiger partial charge in [0.15, 0.2) is 0 Å². The average Bonchev–Trinajstić information content (AvgIpc) is 3.06. The molecule has 0 aliphatic carbocycles. The number of ether oxygens (including phenoxy) is 1. The molecule has 0 atom stereocenters. The molecule has 0 saturated carbocycles. The molecular formula is C41H32BNO. The molecule has 0 radical (unpaired) electrons. The maximum atomic E-state index is 6.84. The van der Waals surface area contributed by atoms with Crippen molar-refractivity contribution in [2.45, 2.75) is 31.6 Å². The normalized spacial score (nSPS) is 15.0. The van der Waals surface area contributed by atoms with Gasteiger partial charge in [-0.15, -0.1) is 0 Å². The molecule has 3 heteroatoms. The Kier molecular flexibility index (Phi) is 5.21. The largest absolute Gasteiger partial charge is 0.458 e. The number of hydrogen-bond acceptors (Lipinski definition) is 2. The van der Waals surface area contributed by atoms with E-state index in [0.29, 0.717) is 0 Å². The van der Waals surface area contributed by atoms with Gasteiger partial charge < -0.3 is 9.64 Å². The first kappa shape index (κ1) is 25.5. The highest BCUT2D eigenvalue weighted by molar-refractivity contribution is 7.00. The van der Waals surface area contributed by atoms with Crippen molar-refractivity contribution in [3.05, 3.63) is 167 Å². The van der Waals surface area contributed by atoms with Crippen LogP contribution in [0.3, 0.4) is 0 Å². The summed E-state index contributed by atoms with van der Waals surface area (Å²) < 4.78 is 6.84.